The second-order valence-electron chi connectivity index (χ2n) is 5.59. The number of halogens is 2. The number of primary amides is 1. The van der Waals surface area contributed by atoms with Gasteiger partial charge in [-0.05, 0) is 6.07 Å². The van der Waals surface area contributed by atoms with Crippen molar-refractivity contribution in [3.8, 4) is 5.75 Å². The van der Waals surface area contributed by atoms with Gasteiger partial charge < -0.3 is 15.4 Å². The highest BCUT2D eigenvalue weighted by molar-refractivity contribution is 5.95. The van der Waals surface area contributed by atoms with E-state index in [1.54, 1.807) is 6.07 Å². The number of carbonyl (C=O) groups excluding carboxylic acids is 2. The van der Waals surface area contributed by atoms with Gasteiger partial charge in [-0.25, -0.2) is 8.78 Å². The molecular formula is C15H15F2N5O3. The number of aromatic nitrogens is 3. The van der Waals surface area contributed by atoms with E-state index in [-0.39, 0.29) is 30.5 Å². The normalized spacial score (nSPS) is 14.5. The van der Waals surface area contributed by atoms with E-state index >= 15 is 0 Å². The summed E-state index contributed by atoms with van der Waals surface area (Å²) in [6.45, 7) is 0.481. The minimum Gasteiger partial charge on any atom is -0.487 e. The van der Waals surface area contributed by atoms with Crippen LogP contribution in [0.1, 0.15) is 33.0 Å². The summed E-state index contributed by atoms with van der Waals surface area (Å²) in [6.07, 6.45) is -0.460. The number of carbonyl (C=O) groups is 2. The van der Waals surface area contributed by atoms with E-state index in [0.717, 1.165) is 0 Å². The summed E-state index contributed by atoms with van der Waals surface area (Å²) >= 11 is 0. The molecule has 1 fully saturated rings. The van der Waals surface area contributed by atoms with E-state index < -0.39 is 23.9 Å². The third-order valence-corrected chi connectivity index (χ3v) is 3.72. The van der Waals surface area contributed by atoms with Crippen molar-refractivity contribution >= 4 is 11.8 Å². The van der Waals surface area contributed by atoms with Crippen LogP contribution in [0.2, 0.25) is 0 Å². The summed E-state index contributed by atoms with van der Waals surface area (Å²) in [4.78, 5) is 28.6. The van der Waals surface area contributed by atoms with Gasteiger partial charge in [0, 0.05) is 25.5 Å². The summed E-state index contributed by atoms with van der Waals surface area (Å²) in [6, 6.07) is 2.97. The van der Waals surface area contributed by atoms with Crippen LogP contribution in [-0.4, -0.2) is 50.7 Å². The number of nitrogens with zero attached hydrogens (tertiary/aromatic N) is 4. The molecule has 2 N–H and O–H groups in total. The third kappa shape index (κ3) is 3.42. The number of aryl methyl sites for hydroxylation is 1. The number of hydrogen-bond acceptors (Lipinski definition) is 5. The molecule has 0 unspecified atom stereocenters. The molecule has 10 heteroatoms. The summed E-state index contributed by atoms with van der Waals surface area (Å²) in [5, 5.41) is 3.62. The molecule has 1 aliphatic heterocycles. The molecule has 132 valence electrons. The van der Waals surface area contributed by atoms with E-state index in [1.165, 1.54) is 35.1 Å². The molecule has 0 atom stereocenters. The van der Waals surface area contributed by atoms with E-state index in [2.05, 4.69) is 10.1 Å². The summed E-state index contributed by atoms with van der Waals surface area (Å²) in [5.74, 6) is -0.793. The molecular weight excluding hydrogens is 336 g/mol. The van der Waals surface area contributed by atoms with Gasteiger partial charge in [0.1, 0.15) is 23.2 Å². The Morgan fingerprint density at radius 3 is 2.76 bits per heavy atom. The summed E-state index contributed by atoms with van der Waals surface area (Å²) < 4.78 is 32.7. The zero-order valence-corrected chi connectivity index (χ0v) is 13.2. The van der Waals surface area contributed by atoms with Gasteiger partial charge in [-0.2, -0.15) is 5.10 Å². The van der Waals surface area contributed by atoms with Crippen LogP contribution in [0.25, 0.3) is 0 Å². The Kier molecular flexibility index (Phi) is 4.34. The number of pyridine rings is 1. The van der Waals surface area contributed by atoms with Gasteiger partial charge >= 0.3 is 0 Å². The third-order valence-electron chi connectivity index (χ3n) is 3.72. The number of nitrogens with two attached hydrogens (primary N) is 1. The molecule has 1 aliphatic rings. The first kappa shape index (κ1) is 16.8. The first-order valence-corrected chi connectivity index (χ1v) is 7.38. The highest BCUT2D eigenvalue weighted by Gasteiger charge is 2.35. The topological polar surface area (TPSA) is 103 Å². The zero-order chi connectivity index (χ0) is 18.1. The van der Waals surface area contributed by atoms with Gasteiger partial charge in [0.25, 0.3) is 18.2 Å². The summed E-state index contributed by atoms with van der Waals surface area (Å²) in [5.41, 5.74) is 4.57. The average Bonchev–Trinajstić information content (AvgIpc) is 2.92. The maximum atomic E-state index is 12.9. The van der Waals surface area contributed by atoms with Crippen LogP contribution >= 0.6 is 0 Å². The minimum atomic E-state index is -2.82. The fraction of sp³-hybridized carbons (Fsp3) is 0.333. The van der Waals surface area contributed by atoms with Gasteiger partial charge in [-0.1, -0.05) is 0 Å². The van der Waals surface area contributed by atoms with Crippen molar-refractivity contribution in [1.82, 2.24) is 19.7 Å². The van der Waals surface area contributed by atoms with Crippen molar-refractivity contribution in [3.05, 3.63) is 41.5 Å². The van der Waals surface area contributed by atoms with Crippen molar-refractivity contribution in [3.63, 3.8) is 0 Å². The molecule has 2 aromatic rings. The lowest BCUT2D eigenvalue weighted by Gasteiger charge is -2.38. The van der Waals surface area contributed by atoms with Gasteiger partial charge in [0.2, 0.25) is 0 Å². The molecule has 2 amide bonds. The second kappa shape index (κ2) is 6.46. The maximum absolute atomic E-state index is 12.9. The average molecular weight is 351 g/mol. The fourth-order valence-electron chi connectivity index (χ4n) is 2.49. The number of alkyl halides is 2. The highest BCUT2D eigenvalue weighted by atomic mass is 19.3. The molecule has 8 nitrogen and oxygen atoms in total. The predicted molar refractivity (Wildman–Crippen MR) is 81.2 cm³/mol. The Morgan fingerprint density at radius 1 is 1.40 bits per heavy atom. The zero-order valence-electron chi connectivity index (χ0n) is 13.2. The molecule has 0 radical (unpaired) electrons. The molecule has 0 saturated carbocycles. The molecule has 3 heterocycles. The van der Waals surface area contributed by atoms with Crippen LogP contribution < -0.4 is 10.5 Å². The smallest absolute Gasteiger partial charge is 0.282 e. The molecule has 0 aliphatic carbocycles. The SMILES string of the molecule is Cn1cc(C(=O)N2CC(Oc3ccnc(C(N)=O)c3)C2)c(C(F)F)n1. The van der Waals surface area contributed by atoms with E-state index in [9.17, 15) is 18.4 Å². The largest absolute Gasteiger partial charge is 0.487 e. The predicted octanol–water partition coefficient (Wildman–Crippen LogP) is 0.755. The van der Waals surface area contributed by atoms with Crippen LogP contribution in [0, 0.1) is 0 Å². The van der Waals surface area contributed by atoms with Gasteiger partial charge in [0.15, 0.2) is 0 Å². The van der Waals surface area contributed by atoms with Gasteiger partial charge in [-0.3, -0.25) is 19.3 Å². The Bertz CT molecular complexity index is 817. The standard InChI is InChI=1S/C15H15F2N5O3/c1-21-7-10(12(20-21)13(16)17)15(24)22-5-9(6-22)25-8-2-3-19-11(4-8)14(18)23/h2-4,7,9,13H,5-6H2,1H3,(H2,18,23). The lowest BCUT2D eigenvalue weighted by molar-refractivity contribution is 0.0172. The first-order valence-electron chi connectivity index (χ1n) is 7.38. The maximum Gasteiger partial charge on any atom is 0.282 e. The Hall–Kier alpha value is -3.04. The van der Waals surface area contributed by atoms with Crippen LogP contribution in [0.3, 0.4) is 0 Å². The monoisotopic (exact) mass is 351 g/mol. The Labute approximate surface area is 141 Å². The van der Waals surface area contributed by atoms with Crippen LogP contribution in [-0.2, 0) is 7.05 Å². The Balaban J connectivity index is 1.62. The lowest BCUT2D eigenvalue weighted by atomic mass is 10.1. The fourth-order valence-corrected chi connectivity index (χ4v) is 2.49. The van der Waals surface area contributed by atoms with E-state index in [4.69, 9.17) is 10.5 Å². The van der Waals surface area contributed by atoms with Crippen molar-refractivity contribution in [2.45, 2.75) is 12.5 Å². The van der Waals surface area contributed by atoms with Crippen LogP contribution in [0.4, 0.5) is 8.78 Å². The highest BCUT2D eigenvalue weighted by Crippen LogP contribution is 2.25. The molecule has 0 spiro atoms. The van der Waals surface area contributed by atoms with Crippen molar-refractivity contribution in [2.24, 2.45) is 12.8 Å². The molecule has 1 saturated heterocycles. The number of amides is 2. The molecule has 2 aromatic heterocycles. The van der Waals surface area contributed by atoms with Crippen molar-refractivity contribution in [2.75, 3.05) is 13.1 Å². The first-order chi connectivity index (χ1) is 11.8. The second-order valence-corrected chi connectivity index (χ2v) is 5.59. The number of hydrogen-bond donors (Lipinski definition) is 1. The van der Waals surface area contributed by atoms with E-state index in [1.807, 2.05) is 0 Å². The van der Waals surface area contributed by atoms with E-state index in [0.29, 0.717) is 5.75 Å². The number of likely N-dealkylation sites (tertiary alicyclic amines) is 1. The van der Waals surface area contributed by atoms with Crippen LogP contribution in [0.5, 0.6) is 5.75 Å². The minimum absolute atomic E-state index is 0.0710. The van der Waals surface area contributed by atoms with Crippen LogP contribution in [0.15, 0.2) is 24.5 Å². The molecule has 3 rings (SSSR count). The lowest BCUT2D eigenvalue weighted by Crippen LogP contribution is -2.56. The molecule has 0 aromatic carbocycles. The van der Waals surface area contributed by atoms with Crippen molar-refractivity contribution in [1.29, 1.82) is 0 Å². The summed E-state index contributed by atoms with van der Waals surface area (Å²) in [7, 11) is 1.48. The molecule has 25 heavy (non-hydrogen) atoms. The number of rotatable bonds is 5. The Morgan fingerprint density at radius 2 is 2.12 bits per heavy atom. The number of ether oxygens (including phenoxy) is 1. The van der Waals surface area contributed by atoms with Gasteiger partial charge in [-0.15, -0.1) is 0 Å². The quantitative estimate of drug-likeness (QED) is 0.856. The molecule has 0 bridgehead atoms. The van der Waals surface area contributed by atoms with Gasteiger partial charge in [0.05, 0.1) is 18.7 Å². The van der Waals surface area contributed by atoms with Crippen molar-refractivity contribution < 1.29 is 23.1 Å².